The number of halogens is 2. The monoisotopic (exact) mass is 276 g/mol. The lowest BCUT2D eigenvalue weighted by Crippen LogP contribution is -2.11. The van der Waals surface area contributed by atoms with Gasteiger partial charge in [-0.15, -0.1) is 0 Å². The first-order chi connectivity index (χ1) is 9.69. The van der Waals surface area contributed by atoms with Crippen LogP contribution in [-0.4, -0.2) is 14.4 Å². The van der Waals surface area contributed by atoms with Crippen LogP contribution in [0.1, 0.15) is 0 Å². The van der Waals surface area contributed by atoms with Crippen molar-refractivity contribution in [2.75, 3.05) is 10.7 Å². The van der Waals surface area contributed by atoms with Crippen molar-refractivity contribution in [1.29, 1.82) is 0 Å². The highest BCUT2D eigenvalue weighted by atomic mass is 19.1. The first kappa shape index (κ1) is 12.3. The number of para-hydroxylation sites is 1. The van der Waals surface area contributed by atoms with Crippen LogP contribution >= 0.6 is 0 Å². The van der Waals surface area contributed by atoms with Crippen LogP contribution in [0.15, 0.2) is 36.8 Å². The van der Waals surface area contributed by atoms with Crippen LogP contribution < -0.4 is 16.6 Å². The Labute approximate surface area is 112 Å². The molecule has 0 spiro atoms. The molecule has 4 N–H and O–H groups in total. The maximum Gasteiger partial charge on any atom is 0.180 e. The molecule has 3 aromatic rings. The van der Waals surface area contributed by atoms with Crippen LogP contribution in [0.4, 0.5) is 26.1 Å². The normalized spacial score (nSPS) is 10.8. The molecule has 0 atom stereocenters. The molecular formula is C12H10F2N6. The predicted octanol–water partition coefficient (Wildman–Crippen LogP) is 2.04. The molecule has 0 aliphatic rings. The molecule has 8 heteroatoms. The Morgan fingerprint density at radius 1 is 1.20 bits per heavy atom. The molecule has 0 radical (unpaired) electrons. The van der Waals surface area contributed by atoms with Gasteiger partial charge in [0.25, 0.3) is 0 Å². The Morgan fingerprint density at radius 2 is 1.95 bits per heavy atom. The van der Waals surface area contributed by atoms with Crippen LogP contribution in [0.5, 0.6) is 0 Å². The minimum Gasteiger partial charge on any atom is -0.332 e. The minimum atomic E-state index is -0.720. The van der Waals surface area contributed by atoms with Crippen LogP contribution in [0.25, 0.3) is 5.65 Å². The van der Waals surface area contributed by atoms with Crippen molar-refractivity contribution in [3.05, 3.63) is 48.4 Å². The van der Waals surface area contributed by atoms with Gasteiger partial charge in [-0.2, -0.15) is 0 Å². The van der Waals surface area contributed by atoms with Crippen molar-refractivity contribution in [2.45, 2.75) is 0 Å². The van der Waals surface area contributed by atoms with Gasteiger partial charge in [0.05, 0.1) is 6.20 Å². The van der Waals surface area contributed by atoms with Crippen LogP contribution in [0, 0.1) is 11.6 Å². The molecular weight excluding hydrogens is 266 g/mol. The fraction of sp³-hybridized carbons (Fsp3) is 0. The topological polar surface area (TPSA) is 80.3 Å². The zero-order chi connectivity index (χ0) is 14.1. The number of aromatic nitrogens is 3. The largest absolute Gasteiger partial charge is 0.332 e. The van der Waals surface area contributed by atoms with Crippen molar-refractivity contribution < 1.29 is 8.78 Å². The number of nitrogen functional groups attached to an aromatic ring is 1. The number of hydrogen-bond donors (Lipinski definition) is 3. The van der Waals surface area contributed by atoms with Gasteiger partial charge < -0.3 is 15.1 Å². The SMILES string of the molecule is NNc1cn2ccnc2c(Nc2c(F)cccc2F)n1. The third kappa shape index (κ3) is 2.01. The van der Waals surface area contributed by atoms with Gasteiger partial charge in [0.2, 0.25) is 0 Å². The first-order valence-electron chi connectivity index (χ1n) is 5.70. The molecule has 0 fully saturated rings. The Balaban J connectivity index is 2.12. The molecule has 2 aromatic heterocycles. The highest BCUT2D eigenvalue weighted by Crippen LogP contribution is 2.25. The number of anilines is 3. The summed E-state index contributed by atoms with van der Waals surface area (Å²) < 4.78 is 28.9. The maximum atomic E-state index is 13.6. The van der Waals surface area contributed by atoms with Crippen LogP contribution in [0.3, 0.4) is 0 Å². The molecule has 0 unspecified atom stereocenters. The lowest BCUT2D eigenvalue weighted by Gasteiger charge is -2.10. The summed E-state index contributed by atoms with van der Waals surface area (Å²) in [6.45, 7) is 0. The first-order valence-corrected chi connectivity index (χ1v) is 5.70. The van der Waals surface area contributed by atoms with E-state index in [0.29, 0.717) is 11.5 Å². The van der Waals surface area contributed by atoms with Gasteiger partial charge in [0.1, 0.15) is 17.3 Å². The summed E-state index contributed by atoms with van der Waals surface area (Å²) >= 11 is 0. The minimum absolute atomic E-state index is 0.189. The van der Waals surface area contributed by atoms with Crippen molar-refractivity contribution in [3.63, 3.8) is 0 Å². The Hall–Kier alpha value is -2.74. The highest BCUT2D eigenvalue weighted by molar-refractivity contribution is 5.72. The fourth-order valence-corrected chi connectivity index (χ4v) is 1.82. The predicted molar refractivity (Wildman–Crippen MR) is 70.4 cm³/mol. The third-order valence-electron chi connectivity index (χ3n) is 2.73. The summed E-state index contributed by atoms with van der Waals surface area (Å²) in [5, 5.41) is 2.60. The number of nitrogens with two attached hydrogens (primary N) is 1. The number of fused-ring (bicyclic) bond motifs is 1. The van der Waals surface area contributed by atoms with E-state index in [9.17, 15) is 8.78 Å². The molecule has 0 aliphatic carbocycles. The summed E-state index contributed by atoms with van der Waals surface area (Å²) in [5.41, 5.74) is 2.51. The van der Waals surface area contributed by atoms with Crippen LogP contribution in [-0.2, 0) is 0 Å². The van der Waals surface area contributed by atoms with E-state index in [2.05, 4.69) is 20.7 Å². The van der Waals surface area contributed by atoms with Crippen molar-refractivity contribution in [2.24, 2.45) is 5.84 Å². The summed E-state index contributed by atoms with van der Waals surface area (Å²) in [4.78, 5) is 8.18. The number of hydrogen-bond acceptors (Lipinski definition) is 5. The number of nitrogens with one attached hydrogen (secondary N) is 2. The lowest BCUT2D eigenvalue weighted by molar-refractivity contribution is 0.590. The molecule has 2 heterocycles. The van der Waals surface area contributed by atoms with E-state index in [4.69, 9.17) is 5.84 Å². The standard InChI is InChI=1S/C12H10F2N6/c13-7-2-1-3-8(14)10(7)18-11-12-16-4-5-20(12)6-9(17-11)19-15/h1-6,19H,15H2,(H,17,18). The van der Waals surface area contributed by atoms with E-state index >= 15 is 0 Å². The molecule has 0 saturated carbocycles. The average molecular weight is 276 g/mol. The summed E-state index contributed by atoms with van der Waals surface area (Å²) in [6.07, 6.45) is 4.81. The molecule has 3 rings (SSSR count). The average Bonchev–Trinajstić information content (AvgIpc) is 2.91. The van der Waals surface area contributed by atoms with Gasteiger partial charge >= 0.3 is 0 Å². The summed E-state index contributed by atoms with van der Waals surface area (Å²) in [7, 11) is 0. The quantitative estimate of drug-likeness (QED) is 0.504. The number of hydrazine groups is 1. The highest BCUT2D eigenvalue weighted by Gasteiger charge is 2.13. The van der Waals surface area contributed by atoms with Gasteiger partial charge in [0, 0.05) is 12.4 Å². The van der Waals surface area contributed by atoms with Crippen molar-refractivity contribution in [3.8, 4) is 0 Å². The Kier molecular flexibility index (Phi) is 2.92. The molecule has 0 bridgehead atoms. The number of nitrogens with zero attached hydrogens (tertiary/aromatic N) is 3. The van der Waals surface area contributed by atoms with E-state index in [1.807, 2.05) is 0 Å². The maximum absolute atomic E-state index is 13.6. The molecule has 102 valence electrons. The summed E-state index contributed by atoms with van der Waals surface area (Å²) in [5.74, 6) is 4.39. The van der Waals surface area contributed by atoms with Gasteiger partial charge in [-0.1, -0.05) is 6.07 Å². The van der Waals surface area contributed by atoms with Gasteiger partial charge in [-0.3, -0.25) is 0 Å². The molecule has 20 heavy (non-hydrogen) atoms. The second-order valence-electron chi connectivity index (χ2n) is 4.00. The van der Waals surface area contributed by atoms with Gasteiger partial charge in [-0.05, 0) is 12.1 Å². The number of imidazole rings is 1. The zero-order valence-corrected chi connectivity index (χ0v) is 10.1. The molecule has 0 amide bonds. The fourth-order valence-electron chi connectivity index (χ4n) is 1.82. The van der Waals surface area contributed by atoms with E-state index in [1.165, 1.54) is 6.07 Å². The van der Waals surface area contributed by atoms with E-state index < -0.39 is 11.6 Å². The second kappa shape index (κ2) is 4.74. The second-order valence-corrected chi connectivity index (χ2v) is 4.00. The third-order valence-corrected chi connectivity index (χ3v) is 2.73. The Bertz CT molecular complexity index is 749. The number of benzene rings is 1. The molecule has 0 saturated heterocycles. The van der Waals surface area contributed by atoms with E-state index in [1.54, 1.807) is 23.0 Å². The van der Waals surface area contributed by atoms with Crippen molar-refractivity contribution in [1.82, 2.24) is 14.4 Å². The zero-order valence-electron chi connectivity index (χ0n) is 10.1. The van der Waals surface area contributed by atoms with Gasteiger partial charge in [-0.25, -0.2) is 24.6 Å². The van der Waals surface area contributed by atoms with Crippen LogP contribution in [0.2, 0.25) is 0 Å². The number of rotatable bonds is 3. The molecule has 1 aromatic carbocycles. The van der Waals surface area contributed by atoms with E-state index in [-0.39, 0.29) is 11.5 Å². The Morgan fingerprint density at radius 3 is 2.65 bits per heavy atom. The van der Waals surface area contributed by atoms with Crippen molar-refractivity contribution >= 4 is 23.0 Å². The smallest absolute Gasteiger partial charge is 0.180 e. The molecule has 6 nitrogen and oxygen atoms in total. The van der Waals surface area contributed by atoms with Gasteiger partial charge in [0.15, 0.2) is 17.3 Å². The summed E-state index contributed by atoms with van der Waals surface area (Å²) in [6, 6.07) is 3.59. The molecule has 0 aliphatic heterocycles. The van der Waals surface area contributed by atoms with E-state index in [0.717, 1.165) is 12.1 Å². The lowest BCUT2D eigenvalue weighted by atomic mass is 10.3.